The van der Waals surface area contributed by atoms with E-state index in [1.54, 1.807) is 94.4 Å². The van der Waals surface area contributed by atoms with Gasteiger partial charge in [-0.2, -0.15) is 15.2 Å². The quantitative estimate of drug-likeness (QED) is 0.0267. The third kappa shape index (κ3) is 17.7. The number of nitrogens with one attached hydrogen (secondary N) is 6. The summed E-state index contributed by atoms with van der Waals surface area (Å²) in [6.07, 6.45) is -22.0. The van der Waals surface area contributed by atoms with E-state index >= 15 is 17.6 Å². The number of rotatable bonds is 21. The van der Waals surface area contributed by atoms with Gasteiger partial charge in [-0.25, -0.2) is 62.0 Å². The zero-order valence-corrected chi connectivity index (χ0v) is 65.2. The van der Waals surface area contributed by atoms with Gasteiger partial charge in [-0.3, -0.25) is 90.3 Å². The maximum atomic E-state index is 16.8. The predicted molar refractivity (Wildman–Crippen MR) is 400 cm³/mol. The highest BCUT2D eigenvalue weighted by Crippen LogP contribution is 2.58. The highest BCUT2D eigenvalue weighted by molar-refractivity contribution is 8.07. The first-order valence-electron chi connectivity index (χ1n) is 35.3. The van der Waals surface area contributed by atoms with E-state index in [2.05, 4.69) is 81.1 Å². The molecule has 5 saturated heterocycles. The molecule has 10 N–H and O–H groups in total. The number of ether oxygens (including phenoxy) is 4. The van der Waals surface area contributed by atoms with Gasteiger partial charge < -0.3 is 58.6 Å². The Morgan fingerprint density at radius 2 is 1.12 bits per heavy atom. The molecule has 52 heteroatoms. The first kappa shape index (κ1) is 83.7. The SMILES string of the molecule is CC(C)C(=O)Nc1nc2c(ncn2[C@@H]2O[C@@H]3COP(=O)(OCCC#N)O[C@H]4[C@@H](F)[C@H](n5cnc6c(NC(=O)c7ccccc7)ncnc65)O[C@@H]4COP(O)(=S)O[C@@H]2[C@@H]3F)c(=O)[nH]1.CC(C)C(=O)Nc1nc2c(ncn2[C@@H]2O[C@H](CO)[C@@H](F)[C@H]2OP(O)(=S)OC[C@H]2O[C@@H](n3cnc4c(NC(=O)c5ccccc5)ncnc43)[C@H](F)[C@@H]2O)c(=O)[nH]1. The molecule has 4 amide bonds. The fourth-order valence-electron chi connectivity index (χ4n) is 12.6. The first-order valence-corrected chi connectivity index (χ1v) is 41.9. The third-order valence-electron chi connectivity index (χ3n) is 18.4. The molecule has 10 aromatic rings. The van der Waals surface area contributed by atoms with Crippen molar-refractivity contribution in [3.05, 3.63) is 130 Å². The topological polar surface area (TPSA) is 554 Å². The summed E-state index contributed by atoms with van der Waals surface area (Å²) in [4.78, 5) is 145. The Hall–Kier alpha value is -9.74. The van der Waals surface area contributed by atoms with Gasteiger partial charge in [0.1, 0.15) is 61.5 Å². The molecule has 5 aliphatic heterocycles. The van der Waals surface area contributed by atoms with E-state index in [0.717, 1.165) is 45.3 Å². The van der Waals surface area contributed by atoms with Crippen molar-refractivity contribution in [1.82, 2.24) is 78.1 Å². The Morgan fingerprint density at radius 3 is 1.64 bits per heavy atom. The number of H-pyrrole nitrogens is 2. The van der Waals surface area contributed by atoms with E-state index in [-0.39, 0.29) is 74.6 Å². The van der Waals surface area contributed by atoms with Gasteiger partial charge in [0.15, 0.2) is 106 Å². The second kappa shape index (κ2) is 34.7. The number of benzene rings is 2. The maximum Gasteiger partial charge on any atom is 0.475 e. The van der Waals surface area contributed by atoms with Crippen molar-refractivity contribution in [2.45, 2.75) is 133 Å². The minimum atomic E-state index is -4.97. The third-order valence-corrected chi connectivity index (χ3v) is 23.0. The number of carbonyl (C=O) groups excluding carboxylic acids is 4. The van der Waals surface area contributed by atoms with Crippen molar-refractivity contribution in [3.8, 4) is 6.07 Å². The van der Waals surface area contributed by atoms with E-state index in [0.29, 0.717) is 11.1 Å². The van der Waals surface area contributed by atoms with Gasteiger partial charge in [0.05, 0.1) is 70.8 Å². The van der Waals surface area contributed by atoms with Gasteiger partial charge in [0.2, 0.25) is 23.7 Å². The van der Waals surface area contributed by atoms with Gasteiger partial charge >= 0.3 is 21.3 Å². The Kier molecular flexibility index (Phi) is 24.8. The largest absolute Gasteiger partial charge is 0.475 e. The van der Waals surface area contributed by atoms with Crippen molar-refractivity contribution < 1.29 is 112 Å². The van der Waals surface area contributed by atoms with Gasteiger partial charge in [0, 0.05) is 23.0 Å². The lowest BCUT2D eigenvalue weighted by atomic mass is 10.1. The number of phosphoric ester groups is 1. The molecular weight excluding hydrogens is 1660 g/mol. The molecule has 0 spiro atoms. The standard InChI is InChI=1S/C34H35F2N11O12P2S.C31H33F2N10O10PS/c1-16(2)29(48)44-34-43-28-23(31(50)45-34)41-15-47(28)33-25-20(35)18(56-33)11-54-60(51,53-10-6-9-37)58-24-19(12-55-61(52,62)59-25)57-32(21(24)36)46-14-40-22-26(38-13-39-27(22)46)42-30(49)17-7-4-3-5-8-17;1-13(2)26(46)40-31-39-25-20(28(48)41-31)37-12-43(25)30-22(17(32)15(8-44)51-30)53-54(49,55)50-9-16-21(45)18(33)29(52-16)42-11-36-19-23(34-10-35-24(19)42)38-27(47)14-6-4-3-5-7-14/h3-5,7-8,13-16,18-21,24-25,32-33H,6,10-12H2,1-2H3,(H,52,62)(H,38,39,42,49)(H2,43,44,45,48,50);3-7,10-13,15-18,21-22,29-30,44-45H,8-9H2,1-2H3,(H,49,55)(H,34,35,38,47)(H2,39,40,41,46,48)/t18-,19-,20-,21-,24-,25-,32-,33-,60?,61?;15-,16-,17-,18-,21-,22-,29-,30-,54?/m11/s1. The average molecular weight is 1730 g/mol. The number of phosphoric acid groups is 1. The molecule has 2 bridgehead atoms. The summed E-state index contributed by atoms with van der Waals surface area (Å²) < 4.78 is 146. The summed E-state index contributed by atoms with van der Waals surface area (Å²) >= 11 is 10.4. The highest BCUT2D eigenvalue weighted by atomic mass is 32.5. The zero-order chi connectivity index (χ0) is 83.1. The van der Waals surface area contributed by atoms with Crippen LogP contribution in [0.2, 0.25) is 0 Å². The molecule has 620 valence electrons. The van der Waals surface area contributed by atoms with Gasteiger partial charge in [0.25, 0.3) is 22.9 Å². The number of alkyl halides is 4. The predicted octanol–water partition coefficient (Wildman–Crippen LogP) is 4.60. The van der Waals surface area contributed by atoms with E-state index in [1.807, 2.05) is 0 Å². The maximum absolute atomic E-state index is 16.8. The van der Waals surface area contributed by atoms with Crippen molar-refractivity contribution >= 4 is 137 Å². The van der Waals surface area contributed by atoms with Crippen LogP contribution < -0.4 is 32.4 Å². The number of aliphatic hydroxyl groups is 2. The number of aromatic nitrogens is 16. The Bertz CT molecular complexity index is 5720. The number of nitriles is 1. The number of hydrogen-bond acceptors (Lipinski definition) is 33. The molecule has 117 heavy (non-hydrogen) atoms. The minimum Gasteiger partial charge on any atom is -0.394 e. The summed E-state index contributed by atoms with van der Waals surface area (Å²) in [6.45, 7) is -6.34. The molecule has 5 aliphatic rings. The molecule has 2 aromatic carbocycles. The molecule has 0 saturated carbocycles. The number of aliphatic hydroxyl groups excluding tert-OH is 2. The number of halogens is 4. The van der Waals surface area contributed by atoms with Crippen molar-refractivity contribution in [2.75, 3.05) is 54.3 Å². The Balaban J connectivity index is 0.000000194. The number of amides is 4. The Labute approximate surface area is 664 Å². The van der Waals surface area contributed by atoms with Gasteiger partial charge in [-0.05, 0) is 47.9 Å². The molecule has 19 atom stereocenters. The number of fused-ring (bicyclic) bond motifs is 7. The van der Waals surface area contributed by atoms with E-state index in [1.165, 1.54) is 10.9 Å². The van der Waals surface area contributed by atoms with E-state index in [9.17, 15) is 53.3 Å². The lowest BCUT2D eigenvalue weighted by molar-refractivity contribution is -0.119. The van der Waals surface area contributed by atoms with Crippen LogP contribution in [0.1, 0.15) is 79.7 Å². The fraction of sp³-hybridized carbons (Fsp3) is 0.431. The summed E-state index contributed by atoms with van der Waals surface area (Å²) in [7, 11) is -4.97. The monoisotopic (exact) mass is 1730 g/mol. The lowest BCUT2D eigenvalue weighted by Crippen LogP contribution is -2.34. The number of aromatic amines is 2. The summed E-state index contributed by atoms with van der Waals surface area (Å²) in [5.41, 5.74) is -1.43. The summed E-state index contributed by atoms with van der Waals surface area (Å²) in [5, 5.41) is 39.9. The molecule has 8 aromatic heterocycles. The number of imidazole rings is 4. The van der Waals surface area contributed by atoms with Crippen LogP contribution in [-0.4, -0.2) is 228 Å². The molecule has 3 unspecified atom stereocenters. The zero-order valence-electron chi connectivity index (χ0n) is 60.9. The molecule has 0 radical (unpaired) electrons. The summed E-state index contributed by atoms with van der Waals surface area (Å²) in [5.74, 6) is -3.33. The van der Waals surface area contributed by atoms with Crippen LogP contribution in [0.4, 0.5) is 41.1 Å². The van der Waals surface area contributed by atoms with Crippen LogP contribution >= 0.6 is 21.3 Å². The van der Waals surface area contributed by atoms with Crippen LogP contribution in [0.25, 0.3) is 44.7 Å². The summed E-state index contributed by atoms with van der Waals surface area (Å²) in [6, 6.07) is 18.4. The van der Waals surface area contributed by atoms with Crippen LogP contribution in [0, 0.1) is 23.2 Å². The minimum absolute atomic E-state index is 0.00210. The number of nitrogens with zero attached hydrogens (tertiary/aromatic N) is 15. The molecule has 43 nitrogen and oxygen atoms in total. The normalized spacial score (nSPS) is 28.5. The molecule has 13 heterocycles. The van der Waals surface area contributed by atoms with Crippen molar-refractivity contribution in [3.63, 3.8) is 0 Å². The number of anilines is 4. The van der Waals surface area contributed by atoms with Crippen molar-refractivity contribution in [2.24, 2.45) is 11.8 Å². The Morgan fingerprint density at radius 1 is 0.632 bits per heavy atom. The fourth-order valence-corrected chi connectivity index (χ4v) is 16.8. The van der Waals surface area contributed by atoms with Gasteiger partial charge in [-0.15, -0.1) is 0 Å². The first-order chi connectivity index (χ1) is 55.9. The second-order valence-corrected chi connectivity index (χ2v) is 34.1. The lowest BCUT2D eigenvalue weighted by Gasteiger charge is -2.27. The van der Waals surface area contributed by atoms with Crippen LogP contribution in [0.3, 0.4) is 0 Å². The number of carbonyl (C=O) groups is 4. The van der Waals surface area contributed by atoms with Crippen molar-refractivity contribution in [1.29, 1.82) is 5.26 Å². The highest BCUT2D eigenvalue weighted by Gasteiger charge is 2.56. The molecular formula is C65H68F4N21O22P3S2. The number of hydrogen-bond donors (Lipinski definition) is 10. The van der Waals surface area contributed by atoms with E-state index in [4.69, 9.17) is 79.5 Å². The molecule has 0 aliphatic carbocycles. The van der Waals surface area contributed by atoms with Crippen LogP contribution in [-0.2, 0) is 88.4 Å². The second-order valence-electron chi connectivity index (χ2n) is 26.9. The molecule has 5 fully saturated rings. The average Bonchev–Trinajstić information content (AvgIpc) is 1.61. The van der Waals surface area contributed by atoms with E-state index < -0.39 is 199 Å². The van der Waals surface area contributed by atoms with Crippen LogP contribution in [0.15, 0.2) is 108 Å². The van der Waals surface area contributed by atoms with Gasteiger partial charge in [-0.1, -0.05) is 64.1 Å². The smallest absolute Gasteiger partial charge is 0.394 e. The molecule has 15 rings (SSSR count). The van der Waals surface area contributed by atoms with Crippen LogP contribution in [0.5, 0.6) is 0 Å².